The van der Waals surface area contributed by atoms with Crippen LogP contribution in [0.3, 0.4) is 0 Å². The Hall–Kier alpha value is -1.78. The van der Waals surface area contributed by atoms with Crippen LogP contribution in [0.25, 0.3) is 5.65 Å². The van der Waals surface area contributed by atoms with Crippen LogP contribution in [0.1, 0.15) is 19.8 Å². The molecule has 0 aromatic carbocycles. The Morgan fingerprint density at radius 2 is 2.31 bits per heavy atom. The summed E-state index contributed by atoms with van der Waals surface area (Å²) < 4.78 is 1.97. The molecule has 2 rings (SSSR count). The van der Waals surface area contributed by atoms with Crippen molar-refractivity contribution in [1.29, 1.82) is 0 Å². The van der Waals surface area contributed by atoms with Gasteiger partial charge in [0.1, 0.15) is 5.82 Å². The second-order valence-corrected chi connectivity index (χ2v) is 3.66. The molecule has 2 heterocycles. The molecule has 5 heteroatoms. The van der Waals surface area contributed by atoms with Crippen LogP contribution in [0, 0.1) is 0 Å². The molecule has 0 aliphatic heterocycles. The molecule has 5 nitrogen and oxygen atoms in total. The number of aromatic nitrogens is 3. The van der Waals surface area contributed by atoms with Gasteiger partial charge >= 0.3 is 0 Å². The highest BCUT2D eigenvalue weighted by molar-refractivity contribution is 5.65. The normalized spacial score (nSPS) is 10.6. The maximum atomic E-state index is 4.46. The molecular formula is C11H17N5. The van der Waals surface area contributed by atoms with Gasteiger partial charge in [-0.3, -0.25) is 0 Å². The molecule has 0 fully saturated rings. The molecule has 2 aromatic rings. The number of nitrogens with zero attached hydrogens (tertiary/aromatic N) is 3. The van der Waals surface area contributed by atoms with Crippen molar-refractivity contribution in [3.63, 3.8) is 0 Å². The van der Waals surface area contributed by atoms with Crippen LogP contribution in [-0.4, -0.2) is 28.0 Å². The van der Waals surface area contributed by atoms with Crippen LogP contribution >= 0.6 is 0 Å². The number of hydrogen-bond donors (Lipinski definition) is 2. The van der Waals surface area contributed by atoms with E-state index in [-0.39, 0.29) is 0 Å². The molecule has 0 unspecified atom stereocenters. The minimum atomic E-state index is 0.837. The molecular weight excluding hydrogens is 202 g/mol. The SMILES string of the molecule is CCCCNc1nc(NC)cn2ccnc12. The van der Waals surface area contributed by atoms with Gasteiger partial charge in [-0.2, -0.15) is 0 Å². The smallest absolute Gasteiger partial charge is 0.180 e. The molecule has 0 aliphatic carbocycles. The van der Waals surface area contributed by atoms with Crippen molar-refractivity contribution in [3.05, 3.63) is 18.6 Å². The van der Waals surface area contributed by atoms with Gasteiger partial charge in [0.05, 0.1) is 6.20 Å². The van der Waals surface area contributed by atoms with Crippen molar-refractivity contribution in [2.45, 2.75) is 19.8 Å². The van der Waals surface area contributed by atoms with Gasteiger partial charge in [-0.25, -0.2) is 9.97 Å². The highest BCUT2D eigenvalue weighted by atomic mass is 15.1. The lowest BCUT2D eigenvalue weighted by Crippen LogP contribution is -2.07. The predicted molar refractivity (Wildman–Crippen MR) is 65.9 cm³/mol. The number of nitrogens with one attached hydrogen (secondary N) is 2. The Bertz CT molecular complexity index is 462. The van der Waals surface area contributed by atoms with E-state index in [4.69, 9.17) is 0 Å². The van der Waals surface area contributed by atoms with Gasteiger partial charge in [0, 0.05) is 26.0 Å². The summed E-state index contributed by atoms with van der Waals surface area (Å²) in [7, 11) is 1.86. The maximum absolute atomic E-state index is 4.46. The zero-order valence-electron chi connectivity index (χ0n) is 9.70. The van der Waals surface area contributed by atoms with Crippen LogP contribution in [-0.2, 0) is 0 Å². The third-order valence-corrected chi connectivity index (χ3v) is 2.45. The van der Waals surface area contributed by atoms with E-state index in [1.54, 1.807) is 6.20 Å². The summed E-state index contributed by atoms with van der Waals surface area (Å²) in [6, 6.07) is 0. The number of hydrogen-bond acceptors (Lipinski definition) is 4. The largest absolute Gasteiger partial charge is 0.372 e. The Kier molecular flexibility index (Phi) is 3.24. The number of rotatable bonds is 5. The summed E-state index contributed by atoms with van der Waals surface area (Å²) in [5.74, 6) is 1.68. The summed E-state index contributed by atoms with van der Waals surface area (Å²) >= 11 is 0. The van der Waals surface area contributed by atoms with Crippen molar-refractivity contribution in [3.8, 4) is 0 Å². The molecule has 0 saturated carbocycles. The van der Waals surface area contributed by atoms with Crippen molar-refractivity contribution >= 4 is 17.3 Å². The Morgan fingerprint density at radius 1 is 1.44 bits per heavy atom. The third-order valence-electron chi connectivity index (χ3n) is 2.45. The zero-order valence-corrected chi connectivity index (χ0v) is 9.70. The van der Waals surface area contributed by atoms with E-state index in [0.717, 1.165) is 30.2 Å². The molecule has 2 aromatic heterocycles. The highest BCUT2D eigenvalue weighted by Crippen LogP contribution is 2.15. The first-order valence-electron chi connectivity index (χ1n) is 5.60. The number of fused-ring (bicyclic) bond motifs is 1. The average molecular weight is 219 g/mol. The first-order chi connectivity index (χ1) is 7.85. The van der Waals surface area contributed by atoms with Crippen LogP contribution < -0.4 is 10.6 Å². The molecule has 0 amide bonds. The lowest BCUT2D eigenvalue weighted by molar-refractivity contribution is 0.830. The van der Waals surface area contributed by atoms with Gasteiger partial charge in [-0.05, 0) is 6.42 Å². The standard InChI is InChI=1S/C11H17N5/c1-3-4-5-13-10-11-14-6-7-16(11)8-9(12-2)15-10/h6-8,12H,3-5H2,1-2H3,(H,13,15). The lowest BCUT2D eigenvalue weighted by atomic mass is 10.3. The lowest BCUT2D eigenvalue weighted by Gasteiger charge is -2.08. The van der Waals surface area contributed by atoms with Crippen molar-refractivity contribution < 1.29 is 0 Å². The third kappa shape index (κ3) is 2.08. The van der Waals surface area contributed by atoms with E-state index in [2.05, 4.69) is 27.5 Å². The summed E-state index contributed by atoms with van der Waals surface area (Å²) in [5, 5.41) is 6.35. The summed E-state index contributed by atoms with van der Waals surface area (Å²) in [6.45, 7) is 3.10. The second kappa shape index (κ2) is 4.83. The topological polar surface area (TPSA) is 54.2 Å². The molecule has 86 valence electrons. The molecule has 16 heavy (non-hydrogen) atoms. The Morgan fingerprint density at radius 3 is 3.06 bits per heavy atom. The molecule has 0 spiro atoms. The molecule has 2 N–H and O–H groups in total. The Balaban J connectivity index is 2.29. The van der Waals surface area contributed by atoms with Gasteiger partial charge in [-0.15, -0.1) is 0 Å². The first-order valence-corrected chi connectivity index (χ1v) is 5.60. The van der Waals surface area contributed by atoms with Crippen LogP contribution in [0.5, 0.6) is 0 Å². The number of unbranched alkanes of at least 4 members (excludes halogenated alkanes) is 1. The quantitative estimate of drug-likeness (QED) is 0.755. The number of imidazole rings is 1. The fourth-order valence-corrected chi connectivity index (χ4v) is 1.55. The summed E-state index contributed by atoms with van der Waals surface area (Å²) in [6.07, 6.45) is 7.93. The van der Waals surface area contributed by atoms with E-state index in [1.807, 2.05) is 23.8 Å². The van der Waals surface area contributed by atoms with E-state index in [1.165, 1.54) is 6.42 Å². The first kappa shape index (κ1) is 10.7. The summed E-state index contributed by atoms with van der Waals surface area (Å²) in [5.41, 5.74) is 0.870. The van der Waals surface area contributed by atoms with Gasteiger partial charge in [-0.1, -0.05) is 13.3 Å². The van der Waals surface area contributed by atoms with E-state index in [9.17, 15) is 0 Å². The predicted octanol–water partition coefficient (Wildman–Crippen LogP) is 1.98. The fourth-order valence-electron chi connectivity index (χ4n) is 1.55. The molecule has 0 saturated heterocycles. The van der Waals surface area contributed by atoms with Crippen LogP contribution in [0.15, 0.2) is 18.6 Å². The van der Waals surface area contributed by atoms with Gasteiger partial charge < -0.3 is 15.0 Å². The Labute approximate surface area is 94.9 Å². The molecule has 0 atom stereocenters. The number of anilines is 2. The second-order valence-electron chi connectivity index (χ2n) is 3.66. The van der Waals surface area contributed by atoms with Gasteiger partial charge in [0.2, 0.25) is 0 Å². The van der Waals surface area contributed by atoms with Crippen molar-refractivity contribution in [1.82, 2.24) is 14.4 Å². The van der Waals surface area contributed by atoms with Crippen molar-refractivity contribution in [2.75, 3.05) is 24.2 Å². The van der Waals surface area contributed by atoms with E-state index < -0.39 is 0 Å². The van der Waals surface area contributed by atoms with E-state index >= 15 is 0 Å². The van der Waals surface area contributed by atoms with E-state index in [0.29, 0.717) is 0 Å². The molecule has 0 aliphatic rings. The molecule has 0 radical (unpaired) electrons. The monoisotopic (exact) mass is 219 g/mol. The van der Waals surface area contributed by atoms with Gasteiger partial charge in [0.25, 0.3) is 0 Å². The minimum absolute atomic E-state index is 0.837. The maximum Gasteiger partial charge on any atom is 0.180 e. The summed E-state index contributed by atoms with van der Waals surface area (Å²) in [4.78, 5) is 8.74. The van der Waals surface area contributed by atoms with Crippen LogP contribution in [0.4, 0.5) is 11.6 Å². The zero-order chi connectivity index (χ0) is 11.4. The van der Waals surface area contributed by atoms with Gasteiger partial charge in [0.15, 0.2) is 11.5 Å². The fraction of sp³-hybridized carbons (Fsp3) is 0.455. The van der Waals surface area contributed by atoms with Crippen LogP contribution in [0.2, 0.25) is 0 Å². The minimum Gasteiger partial charge on any atom is -0.372 e. The average Bonchev–Trinajstić information content (AvgIpc) is 2.77. The molecule has 0 bridgehead atoms. The van der Waals surface area contributed by atoms with Crippen molar-refractivity contribution in [2.24, 2.45) is 0 Å². The highest BCUT2D eigenvalue weighted by Gasteiger charge is 2.05.